The summed E-state index contributed by atoms with van der Waals surface area (Å²) in [5.41, 5.74) is -0.269. The van der Waals surface area contributed by atoms with Gasteiger partial charge in [0.05, 0.1) is 17.5 Å². The molecule has 2 unspecified atom stereocenters. The Hall–Kier alpha value is -0.620. The number of amides is 1. The summed E-state index contributed by atoms with van der Waals surface area (Å²) in [5.74, 6) is 0.264. The standard InChI is InChI=1S/C11H22N2O3S/c1-8(10(14)13-11(2,3)4)12-9-5-6-17(15,16)7-9/h8-9,12H,5-7H2,1-4H3,(H,13,14). The van der Waals surface area contributed by atoms with E-state index in [2.05, 4.69) is 10.6 Å². The van der Waals surface area contributed by atoms with Crippen molar-refractivity contribution in [3.63, 3.8) is 0 Å². The van der Waals surface area contributed by atoms with E-state index < -0.39 is 9.84 Å². The molecule has 0 bridgehead atoms. The van der Waals surface area contributed by atoms with E-state index in [1.807, 2.05) is 20.8 Å². The highest BCUT2D eigenvalue weighted by Gasteiger charge is 2.30. The third kappa shape index (κ3) is 5.04. The first-order chi connectivity index (χ1) is 7.59. The molecule has 1 saturated heterocycles. The molecule has 0 radical (unpaired) electrons. The second kappa shape index (κ2) is 4.94. The van der Waals surface area contributed by atoms with Crippen molar-refractivity contribution in [3.05, 3.63) is 0 Å². The van der Waals surface area contributed by atoms with Crippen molar-refractivity contribution in [2.75, 3.05) is 11.5 Å². The predicted octanol–water partition coefficient (Wildman–Crippen LogP) is 0.0663. The van der Waals surface area contributed by atoms with Gasteiger partial charge in [-0.1, -0.05) is 0 Å². The maximum atomic E-state index is 11.8. The molecule has 2 N–H and O–H groups in total. The van der Waals surface area contributed by atoms with Crippen molar-refractivity contribution >= 4 is 15.7 Å². The molecule has 1 amide bonds. The molecule has 1 aliphatic rings. The second-order valence-corrected chi connectivity index (χ2v) is 7.96. The lowest BCUT2D eigenvalue weighted by Gasteiger charge is -2.25. The van der Waals surface area contributed by atoms with Gasteiger partial charge in [-0.2, -0.15) is 0 Å². The van der Waals surface area contributed by atoms with Gasteiger partial charge in [0.2, 0.25) is 5.91 Å². The van der Waals surface area contributed by atoms with Crippen LogP contribution < -0.4 is 10.6 Å². The maximum Gasteiger partial charge on any atom is 0.237 e. The van der Waals surface area contributed by atoms with Crippen molar-refractivity contribution in [2.45, 2.75) is 51.7 Å². The van der Waals surface area contributed by atoms with Gasteiger partial charge in [0.25, 0.3) is 0 Å². The lowest BCUT2D eigenvalue weighted by Crippen LogP contribution is -2.52. The summed E-state index contributed by atoms with van der Waals surface area (Å²) in [7, 11) is -2.90. The van der Waals surface area contributed by atoms with Crippen LogP contribution in [0, 0.1) is 0 Å². The van der Waals surface area contributed by atoms with E-state index in [9.17, 15) is 13.2 Å². The first-order valence-electron chi connectivity index (χ1n) is 5.87. The van der Waals surface area contributed by atoms with Gasteiger partial charge in [0.15, 0.2) is 9.84 Å². The fraction of sp³-hybridized carbons (Fsp3) is 0.909. The lowest BCUT2D eigenvalue weighted by molar-refractivity contribution is -0.124. The molecule has 6 heteroatoms. The molecule has 2 atom stereocenters. The topological polar surface area (TPSA) is 75.3 Å². The highest BCUT2D eigenvalue weighted by atomic mass is 32.2. The summed E-state index contributed by atoms with van der Waals surface area (Å²) < 4.78 is 22.6. The summed E-state index contributed by atoms with van der Waals surface area (Å²) in [4.78, 5) is 11.8. The van der Waals surface area contributed by atoms with E-state index in [1.165, 1.54) is 0 Å². The highest BCUT2D eigenvalue weighted by molar-refractivity contribution is 7.91. The van der Waals surface area contributed by atoms with Crippen LogP contribution in [-0.2, 0) is 14.6 Å². The molecular weight excluding hydrogens is 240 g/mol. The van der Waals surface area contributed by atoms with Gasteiger partial charge in [0, 0.05) is 11.6 Å². The van der Waals surface area contributed by atoms with Crippen LogP contribution in [0.15, 0.2) is 0 Å². The van der Waals surface area contributed by atoms with Crippen LogP contribution in [0.2, 0.25) is 0 Å². The third-order valence-electron chi connectivity index (χ3n) is 2.61. The van der Waals surface area contributed by atoms with Crippen LogP contribution in [0.3, 0.4) is 0 Å². The molecule has 0 aromatic heterocycles. The molecular formula is C11H22N2O3S. The Morgan fingerprint density at radius 2 is 1.94 bits per heavy atom. The number of sulfone groups is 1. The molecule has 1 rings (SSSR count). The number of carbonyl (C=O) groups is 1. The number of carbonyl (C=O) groups excluding carboxylic acids is 1. The Morgan fingerprint density at radius 1 is 1.35 bits per heavy atom. The van der Waals surface area contributed by atoms with Crippen molar-refractivity contribution in [1.82, 2.24) is 10.6 Å². The van der Waals surface area contributed by atoms with E-state index in [4.69, 9.17) is 0 Å². The quantitative estimate of drug-likeness (QED) is 0.754. The summed E-state index contributed by atoms with van der Waals surface area (Å²) in [6, 6.07) is -0.465. The summed E-state index contributed by atoms with van der Waals surface area (Å²) >= 11 is 0. The van der Waals surface area contributed by atoms with Crippen LogP contribution in [0.4, 0.5) is 0 Å². The monoisotopic (exact) mass is 262 g/mol. The third-order valence-corrected chi connectivity index (χ3v) is 4.38. The van der Waals surface area contributed by atoms with Crippen LogP contribution in [0.5, 0.6) is 0 Å². The fourth-order valence-corrected chi connectivity index (χ4v) is 3.52. The van der Waals surface area contributed by atoms with Crippen molar-refractivity contribution in [1.29, 1.82) is 0 Å². The van der Waals surface area contributed by atoms with E-state index in [0.29, 0.717) is 6.42 Å². The van der Waals surface area contributed by atoms with Crippen LogP contribution in [0.1, 0.15) is 34.1 Å². The van der Waals surface area contributed by atoms with Crippen molar-refractivity contribution in [3.8, 4) is 0 Å². The van der Waals surface area contributed by atoms with E-state index in [1.54, 1.807) is 6.92 Å². The van der Waals surface area contributed by atoms with Gasteiger partial charge in [-0.15, -0.1) is 0 Å². The number of hydrogen-bond acceptors (Lipinski definition) is 4. The minimum Gasteiger partial charge on any atom is -0.350 e. The van der Waals surface area contributed by atoms with Crippen molar-refractivity contribution < 1.29 is 13.2 Å². The summed E-state index contributed by atoms with van der Waals surface area (Å²) in [6.45, 7) is 7.50. The first kappa shape index (κ1) is 14.4. The predicted molar refractivity (Wildman–Crippen MR) is 67.6 cm³/mol. The second-order valence-electron chi connectivity index (χ2n) is 5.73. The highest BCUT2D eigenvalue weighted by Crippen LogP contribution is 2.12. The molecule has 17 heavy (non-hydrogen) atoms. The number of nitrogens with one attached hydrogen (secondary N) is 2. The fourth-order valence-electron chi connectivity index (χ4n) is 1.83. The smallest absolute Gasteiger partial charge is 0.237 e. The minimum absolute atomic E-state index is 0.0956. The van der Waals surface area contributed by atoms with Crippen molar-refractivity contribution in [2.24, 2.45) is 0 Å². The van der Waals surface area contributed by atoms with E-state index in [0.717, 1.165) is 0 Å². The molecule has 1 heterocycles. The molecule has 0 aliphatic carbocycles. The number of rotatable bonds is 3. The Labute approximate surface area is 103 Å². The zero-order chi connectivity index (χ0) is 13.3. The first-order valence-corrected chi connectivity index (χ1v) is 7.70. The summed E-state index contributed by atoms with van der Waals surface area (Å²) in [6.07, 6.45) is 0.593. The Kier molecular flexibility index (Phi) is 4.19. The van der Waals surface area contributed by atoms with Gasteiger partial charge in [-0.05, 0) is 34.1 Å². The van der Waals surface area contributed by atoms with Gasteiger partial charge < -0.3 is 10.6 Å². The number of hydrogen-bond donors (Lipinski definition) is 2. The van der Waals surface area contributed by atoms with Crippen LogP contribution >= 0.6 is 0 Å². The molecule has 100 valence electrons. The Bertz CT molecular complexity index is 384. The van der Waals surface area contributed by atoms with Gasteiger partial charge in [-0.25, -0.2) is 8.42 Å². The average Bonchev–Trinajstić information content (AvgIpc) is 2.42. The molecule has 1 fully saturated rings. The Morgan fingerprint density at radius 3 is 2.35 bits per heavy atom. The maximum absolute atomic E-state index is 11.8. The zero-order valence-electron chi connectivity index (χ0n) is 10.9. The van der Waals surface area contributed by atoms with E-state index >= 15 is 0 Å². The minimum atomic E-state index is -2.90. The normalized spacial score (nSPS) is 25.5. The lowest BCUT2D eigenvalue weighted by atomic mass is 10.1. The molecule has 1 aliphatic heterocycles. The van der Waals surface area contributed by atoms with E-state index in [-0.39, 0.29) is 35.0 Å². The van der Waals surface area contributed by atoms with Gasteiger partial charge in [0.1, 0.15) is 0 Å². The molecule has 0 saturated carbocycles. The molecule has 0 spiro atoms. The molecule has 5 nitrogen and oxygen atoms in total. The molecule has 0 aromatic carbocycles. The van der Waals surface area contributed by atoms with Gasteiger partial charge in [-0.3, -0.25) is 4.79 Å². The SMILES string of the molecule is CC(NC1CCS(=O)(=O)C1)C(=O)NC(C)(C)C. The van der Waals surface area contributed by atoms with Crippen LogP contribution in [0.25, 0.3) is 0 Å². The summed E-state index contributed by atoms with van der Waals surface area (Å²) in [5, 5.41) is 5.93. The largest absolute Gasteiger partial charge is 0.350 e. The van der Waals surface area contributed by atoms with Gasteiger partial charge >= 0.3 is 0 Å². The van der Waals surface area contributed by atoms with Crippen LogP contribution in [-0.4, -0.2) is 43.5 Å². The molecule has 0 aromatic rings. The average molecular weight is 262 g/mol. The Balaban J connectivity index is 2.45. The zero-order valence-corrected chi connectivity index (χ0v) is 11.7.